The highest BCUT2D eigenvalue weighted by Gasteiger charge is 2.30. The van der Waals surface area contributed by atoms with Gasteiger partial charge >= 0.3 is 6.18 Å². The van der Waals surface area contributed by atoms with Gasteiger partial charge in [0.15, 0.2) is 0 Å². The fourth-order valence-electron chi connectivity index (χ4n) is 2.41. The minimum absolute atomic E-state index is 0. The summed E-state index contributed by atoms with van der Waals surface area (Å²) in [5.74, 6) is -0.204. The molecule has 130 valence electrons. The van der Waals surface area contributed by atoms with Crippen LogP contribution < -0.4 is 5.32 Å². The van der Waals surface area contributed by atoms with Gasteiger partial charge in [-0.15, -0.1) is 12.4 Å². The molecular weight excluding hydrogens is 331 g/mol. The fraction of sp³-hybridized carbons (Fsp3) is 0.533. The number of benzene rings is 1. The zero-order valence-electron chi connectivity index (χ0n) is 12.9. The van der Waals surface area contributed by atoms with Crippen molar-refractivity contribution in [2.45, 2.75) is 13.1 Å². The van der Waals surface area contributed by atoms with Crippen LogP contribution in [0.1, 0.15) is 12.5 Å². The Kier molecular flexibility index (Phi) is 7.31. The van der Waals surface area contributed by atoms with Gasteiger partial charge in [0.05, 0.1) is 12.1 Å². The van der Waals surface area contributed by atoms with Crippen LogP contribution in [0.25, 0.3) is 0 Å². The Labute approximate surface area is 140 Å². The van der Waals surface area contributed by atoms with Crippen LogP contribution in [0.5, 0.6) is 0 Å². The van der Waals surface area contributed by atoms with Gasteiger partial charge in [0, 0.05) is 31.9 Å². The van der Waals surface area contributed by atoms with Crippen molar-refractivity contribution in [3.63, 3.8) is 0 Å². The molecule has 2 rings (SSSR count). The molecule has 1 N–H and O–H groups in total. The Bertz CT molecular complexity index is 500. The van der Waals surface area contributed by atoms with Gasteiger partial charge in [0.25, 0.3) is 0 Å². The smallest absolute Gasteiger partial charge is 0.325 e. The zero-order valence-corrected chi connectivity index (χ0v) is 13.7. The maximum Gasteiger partial charge on any atom is 0.416 e. The molecule has 0 atom stereocenters. The van der Waals surface area contributed by atoms with Crippen molar-refractivity contribution in [2.24, 2.45) is 0 Å². The van der Waals surface area contributed by atoms with E-state index in [2.05, 4.69) is 17.1 Å². The summed E-state index contributed by atoms with van der Waals surface area (Å²) in [5, 5.41) is 2.63. The number of nitrogens with one attached hydrogen (secondary N) is 1. The summed E-state index contributed by atoms with van der Waals surface area (Å²) >= 11 is 0. The van der Waals surface area contributed by atoms with Gasteiger partial charge in [0.2, 0.25) is 5.91 Å². The first-order valence-corrected chi connectivity index (χ1v) is 7.30. The van der Waals surface area contributed by atoms with Crippen LogP contribution in [0.2, 0.25) is 0 Å². The van der Waals surface area contributed by atoms with Gasteiger partial charge in [0.1, 0.15) is 0 Å². The largest absolute Gasteiger partial charge is 0.416 e. The van der Waals surface area contributed by atoms with E-state index in [9.17, 15) is 18.0 Å². The number of anilines is 1. The number of halogens is 4. The number of hydrogen-bond donors (Lipinski definition) is 1. The standard InChI is InChI=1S/C15H20F3N3O.ClH/c1-2-20-7-9-21(10-8-20)11-14(22)19-13-5-3-12(4-6-13)15(16,17)18;/h3-6H,2,7-11H2,1H3,(H,19,22);1H. The average Bonchev–Trinajstić information content (AvgIpc) is 2.47. The van der Waals surface area contributed by atoms with E-state index >= 15 is 0 Å². The van der Waals surface area contributed by atoms with Crippen molar-refractivity contribution in [1.82, 2.24) is 9.80 Å². The van der Waals surface area contributed by atoms with Crippen LogP contribution in [0.15, 0.2) is 24.3 Å². The molecular formula is C15H21ClF3N3O. The molecule has 0 aliphatic carbocycles. The second-order valence-electron chi connectivity index (χ2n) is 5.33. The second kappa shape index (κ2) is 8.52. The molecule has 1 fully saturated rings. The number of piperazine rings is 1. The molecule has 0 radical (unpaired) electrons. The lowest BCUT2D eigenvalue weighted by atomic mass is 10.2. The van der Waals surface area contributed by atoms with E-state index in [0.717, 1.165) is 44.9 Å². The van der Waals surface area contributed by atoms with Crippen molar-refractivity contribution in [2.75, 3.05) is 44.6 Å². The first-order chi connectivity index (χ1) is 10.4. The molecule has 1 saturated heterocycles. The van der Waals surface area contributed by atoms with Gasteiger partial charge in [-0.3, -0.25) is 9.69 Å². The third-order valence-electron chi connectivity index (χ3n) is 3.78. The monoisotopic (exact) mass is 351 g/mol. The van der Waals surface area contributed by atoms with E-state index in [1.54, 1.807) is 0 Å². The molecule has 0 saturated carbocycles. The predicted molar refractivity (Wildman–Crippen MR) is 85.9 cm³/mol. The number of carbonyl (C=O) groups excluding carboxylic acids is 1. The van der Waals surface area contributed by atoms with Crippen molar-refractivity contribution in [1.29, 1.82) is 0 Å². The summed E-state index contributed by atoms with van der Waals surface area (Å²) in [6, 6.07) is 4.48. The molecule has 0 spiro atoms. The molecule has 1 aromatic rings. The Morgan fingerprint density at radius 1 is 1.09 bits per heavy atom. The SMILES string of the molecule is CCN1CCN(CC(=O)Nc2ccc(C(F)(F)F)cc2)CC1.Cl. The molecule has 8 heteroatoms. The lowest BCUT2D eigenvalue weighted by Crippen LogP contribution is -2.48. The number of nitrogens with zero attached hydrogens (tertiary/aromatic N) is 2. The van der Waals surface area contributed by atoms with Gasteiger partial charge in [-0.1, -0.05) is 6.92 Å². The number of amides is 1. The molecule has 4 nitrogen and oxygen atoms in total. The number of hydrogen-bond acceptors (Lipinski definition) is 3. The van der Waals surface area contributed by atoms with Crippen molar-refractivity contribution in [3.8, 4) is 0 Å². The molecule has 0 aromatic heterocycles. The summed E-state index contributed by atoms with van der Waals surface area (Å²) in [6.45, 7) is 6.90. The van der Waals surface area contributed by atoms with Crippen LogP contribution in [-0.2, 0) is 11.0 Å². The highest BCUT2D eigenvalue weighted by Crippen LogP contribution is 2.29. The van der Waals surface area contributed by atoms with Crippen molar-refractivity contribution < 1.29 is 18.0 Å². The van der Waals surface area contributed by atoms with Gasteiger partial charge < -0.3 is 10.2 Å². The average molecular weight is 352 g/mol. The molecule has 1 aromatic carbocycles. The molecule has 1 aliphatic heterocycles. The van der Waals surface area contributed by atoms with E-state index in [1.807, 2.05) is 4.90 Å². The van der Waals surface area contributed by atoms with E-state index in [4.69, 9.17) is 0 Å². The normalized spacial score (nSPS) is 16.7. The molecule has 23 heavy (non-hydrogen) atoms. The lowest BCUT2D eigenvalue weighted by Gasteiger charge is -2.33. The highest BCUT2D eigenvalue weighted by molar-refractivity contribution is 5.92. The quantitative estimate of drug-likeness (QED) is 0.906. The highest BCUT2D eigenvalue weighted by atomic mass is 35.5. The van der Waals surface area contributed by atoms with E-state index < -0.39 is 11.7 Å². The second-order valence-corrected chi connectivity index (χ2v) is 5.33. The van der Waals surface area contributed by atoms with E-state index in [-0.39, 0.29) is 24.9 Å². The number of alkyl halides is 3. The van der Waals surface area contributed by atoms with Crippen LogP contribution >= 0.6 is 12.4 Å². The fourth-order valence-corrected chi connectivity index (χ4v) is 2.41. The van der Waals surface area contributed by atoms with Crippen molar-refractivity contribution >= 4 is 24.0 Å². The molecule has 0 bridgehead atoms. The maximum absolute atomic E-state index is 12.5. The number of likely N-dealkylation sites (N-methyl/N-ethyl adjacent to an activating group) is 1. The van der Waals surface area contributed by atoms with Crippen LogP contribution in [-0.4, -0.2) is 55.0 Å². The van der Waals surface area contributed by atoms with E-state index in [0.29, 0.717) is 5.69 Å². The summed E-state index contributed by atoms with van der Waals surface area (Å²) in [5.41, 5.74) is -0.341. The Morgan fingerprint density at radius 3 is 2.09 bits per heavy atom. The Morgan fingerprint density at radius 2 is 1.61 bits per heavy atom. The number of carbonyl (C=O) groups is 1. The van der Waals surface area contributed by atoms with Crippen LogP contribution in [0.4, 0.5) is 18.9 Å². The van der Waals surface area contributed by atoms with Crippen LogP contribution in [0, 0.1) is 0 Å². The molecule has 1 heterocycles. The Balaban J connectivity index is 0.00000264. The maximum atomic E-state index is 12.5. The minimum atomic E-state index is -4.36. The van der Waals surface area contributed by atoms with Gasteiger partial charge in [-0.25, -0.2) is 0 Å². The third-order valence-corrected chi connectivity index (χ3v) is 3.78. The number of rotatable bonds is 4. The molecule has 0 unspecified atom stereocenters. The molecule has 1 amide bonds. The minimum Gasteiger partial charge on any atom is -0.325 e. The summed E-state index contributed by atoms with van der Waals surface area (Å²) in [4.78, 5) is 16.3. The first-order valence-electron chi connectivity index (χ1n) is 7.30. The lowest BCUT2D eigenvalue weighted by molar-refractivity contribution is -0.137. The third kappa shape index (κ3) is 6.01. The first kappa shape index (κ1) is 19.7. The predicted octanol–water partition coefficient (Wildman–Crippen LogP) is 2.70. The summed E-state index contributed by atoms with van der Waals surface area (Å²) in [7, 11) is 0. The zero-order chi connectivity index (χ0) is 16.2. The van der Waals surface area contributed by atoms with Gasteiger partial charge in [-0.05, 0) is 30.8 Å². The van der Waals surface area contributed by atoms with Gasteiger partial charge in [-0.2, -0.15) is 13.2 Å². The van der Waals surface area contributed by atoms with Crippen LogP contribution in [0.3, 0.4) is 0 Å². The topological polar surface area (TPSA) is 35.6 Å². The summed E-state index contributed by atoms with van der Waals surface area (Å²) < 4.78 is 37.4. The van der Waals surface area contributed by atoms with E-state index in [1.165, 1.54) is 12.1 Å². The van der Waals surface area contributed by atoms with Crippen molar-refractivity contribution in [3.05, 3.63) is 29.8 Å². The Hall–Kier alpha value is -1.31. The summed E-state index contributed by atoms with van der Waals surface area (Å²) in [6.07, 6.45) is -4.36. The molecule has 1 aliphatic rings.